The first-order chi connectivity index (χ1) is 9.29. The van der Waals surface area contributed by atoms with Crippen LogP contribution in [0.3, 0.4) is 0 Å². The van der Waals surface area contributed by atoms with Gasteiger partial charge in [0, 0.05) is 6.54 Å². The van der Waals surface area contributed by atoms with Gasteiger partial charge in [-0.25, -0.2) is 0 Å². The zero-order valence-electron chi connectivity index (χ0n) is 11.0. The van der Waals surface area contributed by atoms with Gasteiger partial charge in [0.05, 0.1) is 11.5 Å². The summed E-state index contributed by atoms with van der Waals surface area (Å²) >= 11 is 0. The van der Waals surface area contributed by atoms with E-state index in [1.807, 2.05) is 11.9 Å². The molecule has 0 saturated carbocycles. The molecule has 2 unspecified atom stereocenters. The summed E-state index contributed by atoms with van der Waals surface area (Å²) < 4.78 is 37.6. The second-order valence-electron chi connectivity index (χ2n) is 5.22. The van der Waals surface area contributed by atoms with Gasteiger partial charge in [-0.3, -0.25) is 4.79 Å². The van der Waals surface area contributed by atoms with E-state index in [0.717, 1.165) is 18.7 Å². The monoisotopic (exact) mass is 287 g/mol. The second-order valence-corrected chi connectivity index (χ2v) is 5.22. The number of halogens is 3. The third-order valence-corrected chi connectivity index (χ3v) is 3.80. The molecule has 1 aliphatic heterocycles. The van der Waals surface area contributed by atoms with E-state index in [4.69, 9.17) is 0 Å². The third-order valence-electron chi connectivity index (χ3n) is 3.80. The van der Waals surface area contributed by atoms with Gasteiger partial charge in [-0.1, -0.05) is 12.1 Å². The summed E-state index contributed by atoms with van der Waals surface area (Å²) in [5.74, 6) is -1.71. The Bertz CT molecular complexity index is 484. The van der Waals surface area contributed by atoms with E-state index in [0.29, 0.717) is 18.5 Å². The molecule has 1 heterocycles. The SMILES string of the molecule is CN1CCC(c2ccc(C(F)(F)F)cc2)C(C(=O)O)C1. The molecule has 6 heteroatoms. The van der Waals surface area contributed by atoms with Crippen molar-refractivity contribution in [2.75, 3.05) is 20.1 Å². The fourth-order valence-corrected chi connectivity index (χ4v) is 2.68. The molecule has 0 radical (unpaired) electrons. The van der Waals surface area contributed by atoms with Crippen LogP contribution in [0.1, 0.15) is 23.5 Å². The molecule has 1 fully saturated rings. The number of benzene rings is 1. The average molecular weight is 287 g/mol. The van der Waals surface area contributed by atoms with Crippen LogP contribution in [-0.4, -0.2) is 36.1 Å². The first kappa shape index (κ1) is 14.8. The highest BCUT2D eigenvalue weighted by Crippen LogP contribution is 2.35. The van der Waals surface area contributed by atoms with Gasteiger partial charge in [0.2, 0.25) is 0 Å². The fourth-order valence-electron chi connectivity index (χ4n) is 2.68. The van der Waals surface area contributed by atoms with Crippen LogP contribution < -0.4 is 0 Å². The Kier molecular flexibility index (Phi) is 4.04. The number of hydrogen-bond acceptors (Lipinski definition) is 2. The summed E-state index contributed by atoms with van der Waals surface area (Å²) in [5.41, 5.74) is -0.0421. The van der Waals surface area contributed by atoms with Crippen molar-refractivity contribution in [3.63, 3.8) is 0 Å². The minimum atomic E-state index is -4.36. The summed E-state index contributed by atoms with van der Waals surface area (Å²) in [7, 11) is 1.85. The van der Waals surface area contributed by atoms with Crippen molar-refractivity contribution in [3.8, 4) is 0 Å². The van der Waals surface area contributed by atoms with E-state index in [2.05, 4.69) is 0 Å². The van der Waals surface area contributed by atoms with Gasteiger partial charge >= 0.3 is 12.1 Å². The highest BCUT2D eigenvalue weighted by atomic mass is 19.4. The zero-order chi connectivity index (χ0) is 14.9. The lowest BCUT2D eigenvalue weighted by Crippen LogP contribution is -2.40. The van der Waals surface area contributed by atoms with Crippen molar-refractivity contribution in [2.24, 2.45) is 5.92 Å². The number of likely N-dealkylation sites (tertiary alicyclic amines) is 1. The van der Waals surface area contributed by atoms with Gasteiger partial charge in [0.25, 0.3) is 0 Å². The lowest BCUT2D eigenvalue weighted by molar-refractivity contribution is -0.144. The number of carbonyl (C=O) groups is 1. The smallest absolute Gasteiger partial charge is 0.416 e. The minimum absolute atomic E-state index is 0.231. The quantitative estimate of drug-likeness (QED) is 0.909. The number of alkyl halides is 3. The highest BCUT2D eigenvalue weighted by molar-refractivity contribution is 5.72. The summed E-state index contributed by atoms with van der Waals surface area (Å²) in [6.07, 6.45) is -3.73. The maximum Gasteiger partial charge on any atom is 0.416 e. The molecule has 1 N–H and O–H groups in total. The Morgan fingerprint density at radius 1 is 1.30 bits per heavy atom. The Balaban J connectivity index is 2.23. The molecule has 0 spiro atoms. The van der Waals surface area contributed by atoms with Crippen molar-refractivity contribution >= 4 is 5.97 Å². The molecule has 110 valence electrons. The van der Waals surface area contributed by atoms with Crippen LogP contribution in [0.2, 0.25) is 0 Å². The second kappa shape index (κ2) is 5.44. The van der Waals surface area contributed by atoms with Crippen LogP contribution >= 0.6 is 0 Å². The Labute approximate surface area is 115 Å². The predicted octanol–water partition coefficient (Wildman–Crippen LogP) is 2.83. The van der Waals surface area contributed by atoms with Gasteiger partial charge < -0.3 is 10.0 Å². The lowest BCUT2D eigenvalue weighted by atomic mass is 9.80. The fraction of sp³-hybridized carbons (Fsp3) is 0.500. The predicted molar refractivity (Wildman–Crippen MR) is 67.4 cm³/mol. The topological polar surface area (TPSA) is 40.5 Å². The molecule has 0 aliphatic carbocycles. The maximum absolute atomic E-state index is 12.5. The van der Waals surface area contributed by atoms with Gasteiger partial charge in [0.15, 0.2) is 0 Å². The number of nitrogens with zero attached hydrogens (tertiary/aromatic N) is 1. The lowest BCUT2D eigenvalue weighted by Gasteiger charge is -2.34. The highest BCUT2D eigenvalue weighted by Gasteiger charge is 2.35. The molecule has 3 nitrogen and oxygen atoms in total. The van der Waals surface area contributed by atoms with Crippen molar-refractivity contribution in [1.29, 1.82) is 0 Å². The van der Waals surface area contributed by atoms with E-state index in [1.165, 1.54) is 12.1 Å². The van der Waals surface area contributed by atoms with Crippen molar-refractivity contribution in [1.82, 2.24) is 4.90 Å². The van der Waals surface area contributed by atoms with Gasteiger partial charge in [0.1, 0.15) is 0 Å². The van der Waals surface area contributed by atoms with E-state index < -0.39 is 23.6 Å². The number of aliphatic carboxylic acids is 1. The molecule has 1 aromatic rings. The minimum Gasteiger partial charge on any atom is -0.481 e. The Morgan fingerprint density at radius 2 is 1.90 bits per heavy atom. The van der Waals surface area contributed by atoms with E-state index in [1.54, 1.807) is 0 Å². The van der Waals surface area contributed by atoms with Gasteiger partial charge in [-0.2, -0.15) is 13.2 Å². The summed E-state index contributed by atoms with van der Waals surface area (Å²) in [6, 6.07) is 4.84. The largest absolute Gasteiger partial charge is 0.481 e. The molecular formula is C14H16F3NO2. The Morgan fingerprint density at radius 3 is 2.40 bits per heavy atom. The van der Waals surface area contributed by atoms with Crippen molar-refractivity contribution in [3.05, 3.63) is 35.4 Å². The molecule has 0 aromatic heterocycles. The summed E-state index contributed by atoms with van der Waals surface area (Å²) in [6.45, 7) is 1.16. The van der Waals surface area contributed by atoms with E-state index >= 15 is 0 Å². The molecule has 1 saturated heterocycles. The van der Waals surface area contributed by atoms with E-state index in [9.17, 15) is 23.1 Å². The van der Waals surface area contributed by atoms with Crippen molar-refractivity contribution < 1.29 is 23.1 Å². The molecule has 2 atom stereocenters. The molecule has 1 aromatic carbocycles. The summed E-state index contributed by atoms with van der Waals surface area (Å²) in [5, 5.41) is 9.26. The number of carboxylic acid groups (broad SMARTS) is 1. The summed E-state index contributed by atoms with van der Waals surface area (Å²) in [4.78, 5) is 13.2. The first-order valence-corrected chi connectivity index (χ1v) is 6.37. The molecule has 2 rings (SSSR count). The molecule has 1 aliphatic rings. The molecule has 20 heavy (non-hydrogen) atoms. The van der Waals surface area contributed by atoms with Crippen LogP contribution in [0.5, 0.6) is 0 Å². The average Bonchev–Trinajstić information content (AvgIpc) is 2.37. The molecule has 0 bridgehead atoms. The third kappa shape index (κ3) is 3.12. The Hall–Kier alpha value is -1.56. The van der Waals surface area contributed by atoms with Crippen LogP contribution in [0, 0.1) is 5.92 Å². The number of piperidine rings is 1. The van der Waals surface area contributed by atoms with Gasteiger partial charge in [-0.15, -0.1) is 0 Å². The first-order valence-electron chi connectivity index (χ1n) is 6.37. The molecular weight excluding hydrogens is 271 g/mol. The number of hydrogen-bond donors (Lipinski definition) is 1. The van der Waals surface area contributed by atoms with Gasteiger partial charge in [-0.05, 0) is 43.6 Å². The number of carboxylic acids is 1. The molecule has 0 amide bonds. The van der Waals surface area contributed by atoms with Crippen LogP contribution in [0.15, 0.2) is 24.3 Å². The van der Waals surface area contributed by atoms with Crippen LogP contribution in [0.25, 0.3) is 0 Å². The van der Waals surface area contributed by atoms with Crippen LogP contribution in [-0.2, 0) is 11.0 Å². The normalized spacial score (nSPS) is 24.6. The number of rotatable bonds is 2. The van der Waals surface area contributed by atoms with Crippen molar-refractivity contribution in [2.45, 2.75) is 18.5 Å². The standard InChI is InChI=1S/C14H16F3NO2/c1-18-7-6-11(12(8-18)13(19)20)9-2-4-10(5-3-9)14(15,16)17/h2-5,11-12H,6-8H2,1H3,(H,19,20). The van der Waals surface area contributed by atoms with E-state index in [-0.39, 0.29) is 5.92 Å². The maximum atomic E-state index is 12.5. The zero-order valence-corrected chi connectivity index (χ0v) is 11.0. The van der Waals surface area contributed by atoms with Crippen LogP contribution in [0.4, 0.5) is 13.2 Å².